The molecule has 2 heterocycles. The molecule has 0 saturated carbocycles. The maximum Gasteiger partial charge on any atom is 0.222 e. The molecule has 0 N–H and O–H groups in total. The zero-order valence-corrected chi connectivity index (χ0v) is 13.7. The quantitative estimate of drug-likeness (QED) is 0.790. The van der Waals surface area contributed by atoms with Gasteiger partial charge in [0, 0.05) is 19.5 Å². The van der Waals surface area contributed by atoms with Crippen molar-refractivity contribution < 1.29 is 4.79 Å². The predicted octanol–water partition coefficient (Wildman–Crippen LogP) is 3.15. The SMILES string of the molecule is CCCN1CCC2(CC1)CCN(C(=O)CC(C)C)CC2. The third-order valence-corrected chi connectivity index (χ3v) is 5.22. The third-order valence-electron chi connectivity index (χ3n) is 5.22. The summed E-state index contributed by atoms with van der Waals surface area (Å²) in [5.41, 5.74) is 0.554. The minimum Gasteiger partial charge on any atom is -0.343 e. The zero-order valence-electron chi connectivity index (χ0n) is 13.7. The van der Waals surface area contributed by atoms with E-state index in [0.29, 0.717) is 17.2 Å². The first-order valence-electron chi connectivity index (χ1n) is 8.55. The molecule has 1 spiro atoms. The van der Waals surface area contributed by atoms with Gasteiger partial charge in [-0.05, 0) is 63.1 Å². The third kappa shape index (κ3) is 3.97. The lowest BCUT2D eigenvalue weighted by Gasteiger charge is -2.47. The van der Waals surface area contributed by atoms with Gasteiger partial charge in [0.25, 0.3) is 0 Å². The van der Waals surface area contributed by atoms with Gasteiger partial charge in [0.1, 0.15) is 0 Å². The summed E-state index contributed by atoms with van der Waals surface area (Å²) in [6, 6.07) is 0. The van der Waals surface area contributed by atoms with Crippen LogP contribution in [0.5, 0.6) is 0 Å². The minimum atomic E-state index is 0.373. The molecule has 0 unspecified atom stereocenters. The monoisotopic (exact) mass is 280 g/mol. The van der Waals surface area contributed by atoms with Crippen LogP contribution in [0.1, 0.15) is 59.3 Å². The number of amides is 1. The highest BCUT2D eigenvalue weighted by Gasteiger charge is 2.38. The molecule has 0 aromatic rings. The number of nitrogens with zero attached hydrogens (tertiary/aromatic N) is 2. The summed E-state index contributed by atoms with van der Waals surface area (Å²) in [6.07, 6.45) is 7.15. The highest BCUT2D eigenvalue weighted by atomic mass is 16.2. The number of carbonyl (C=O) groups excluding carboxylic acids is 1. The Kier molecular flexibility index (Phi) is 5.48. The summed E-state index contributed by atoms with van der Waals surface area (Å²) < 4.78 is 0. The fourth-order valence-corrected chi connectivity index (χ4v) is 3.78. The van der Waals surface area contributed by atoms with Gasteiger partial charge in [-0.1, -0.05) is 20.8 Å². The Hall–Kier alpha value is -0.570. The second-order valence-corrected chi connectivity index (χ2v) is 7.32. The molecule has 3 nitrogen and oxygen atoms in total. The molecule has 2 rings (SSSR count). The summed E-state index contributed by atoms with van der Waals surface area (Å²) >= 11 is 0. The fraction of sp³-hybridized carbons (Fsp3) is 0.941. The molecule has 0 aromatic heterocycles. The predicted molar refractivity (Wildman–Crippen MR) is 83.7 cm³/mol. The molecular formula is C17H32N2O. The summed E-state index contributed by atoms with van der Waals surface area (Å²) in [7, 11) is 0. The average molecular weight is 280 g/mol. The maximum atomic E-state index is 12.1. The molecule has 0 bridgehead atoms. The van der Waals surface area contributed by atoms with Crippen LogP contribution in [0.25, 0.3) is 0 Å². The van der Waals surface area contributed by atoms with Gasteiger partial charge in [-0.3, -0.25) is 4.79 Å². The van der Waals surface area contributed by atoms with Crippen LogP contribution in [0.2, 0.25) is 0 Å². The smallest absolute Gasteiger partial charge is 0.222 e. The van der Waals surface area contributed by atoms with Crippen LogP contribution in [0.15, 0.2) is 0 Å². The lowest BCUT2D eigenvalue weighted by atomic mass is 9.71. The summed E-state index contributed by atoms with van der Waals surface area (Å²) in [5, 5.41) is 0. The highest BCUT2D eigenvalue weighted by Crippen LogP contribution is 2.41. The molecule has 0 atom stereocenters. The number of hydrogen-bond donors (Lipinski definition) is 0. The Morgan fingerprint density at radius 2 is 1.60 bits per heavy atom. The molecular weight excluding hydrogens is 248 g/mol. The Bertz CT molecular complexity index is 309. The normalized spacial score (nSPS) is 23.5. The van der Waals surface area contributed by atoms with Gasteiger partial charge in [0.05, 0.1) is 0 Å². The molecule has 2 fully saturated rings. The van der Waals surface area contributed by atoms with Crippen molar-refractivity contribution in [3.05, 3.63) is 0 Å². The summed E-state index contributed by atoms with van der Waals surface area (Å²) in [4.78, 5) is 16.9. The molecule has 0 radical (unpaired) electrons. The van der Waals surface area contributed by atoms with E-state index in [4.69, 9.17) is 0 Å². The molecule has 0 aromatic carbocycles. The molecule has 2 saturated heterocycles. The zero-order chi connectivity index (χ0) is 14.6. The minimum absolute atomic E-state index is 0.373. The van der Waals surface area contributed by atoms with Crippen LogP contribution in [0.3, 0.4) is 0 Å². The summed E-state index contributed by atoms with van der Waals surface area (Å²) in [5.74, 6) is 0.855. The van der Waals surface area contributed by atoms with Crippen molar-refractivity contribution in [1.82, 2.24) is 9.80 Å². The summed E-state index contributed by atoms with van der Waals surface area (Å²) in [6.45, 7) is 12.3. The van der Waals surface area contributed by atoms with Crippen LogP contribution >= 0.6 is 0 Å². The molecule has 20 heavy (non-hydrogen) atoms. The van der Waals surface area contributed by atoms with Crippen molar-refractivity contribution >= 4 is 5.91 Å². The van der Waals surface area contributed by atoms with Crippen molar-refractivity contribution in [2.24, 2.45) is 11.3 Å². The van der Waals surface area contributed by atoms with E-state index in [1.165, 1.54) is 51.7 Å². The molecule has 0 aliphatic carbocycles. The molecule has 116 valence electrons. The van der Waals surface area contributed by atoms with Crippen molar-refractivity contribution in [3.63, 3.8) is 0 Å². The second kappa shape index (κ2) is 6.93. The van der Waals surface area contributed by atoms with Crippen molar-refractivity contribution in [2.75, 3.05) is 32.7 Å². The van der Waals surface area contributed by atoms with E-state index in [1.54, 1.807) is 0 Å². The number of carbonyl (C=O) groups is 1. The standard InChI is InChI=1S/C17H32N2O/c1-4-9-18-10-5-17(6-11-18)7-12-19(13-8-17)16(20)14-15(2)3/h15H,4-14H2,1-3H3. The van der Waals surface area contributed by atoms with Gasteiger partial charge in [-0.25, -0.2) is 0 Å². The topological polar surface area (TPSA) is 23.6 Å². The Morgan fingerprint density at radius 1 is 1.05 bits per heavy atom. The van der Waals surface area contributed by atoms with Crippen LogP contribution in [0.4, 0.5) is 0 Å². The van der Waals surface area contributed by atoms with Crippen LogP contribution in [-0.2, 0) is 4.79 Å². The van der Waals surface area contributed by atoms with E-state index in [-0.39, 0.29) is 0 Å². The van der Waals surface area contributed by atoms with E-state index in [1.807, 2.05) is 0 Å². The van der Waals surface area contributed by atoms with E-state index >= 15 is 0 Å². The molecule has 3 heteroatoms. The fourth-order valence-electron chi connectivity index (χ4n) is 3.78. The molecule has 2 aliphatic heterocycles. The van der Waals surface area contributed by atoms with Crippen LogP contribution in [0, 0.1) is 11.3 Å². The second-order valence-electron chi connectivity index (χ2n) is 7.32. The van der Waals surface area contributed by atoms with Gasteiger partial charge >= 0.3 is 0 Å². The van der Waals surface area contributed by atoms with Crippen LogP contribution < -0.4 is 0 Å². The Morgan fingerprint density at radius 3 is 2.10 bits per heavy atom. The lowest BCUT2D eigenvalue weighted by Crippen LogP contribution is -2.48. The average Bonchev–Trinajstić information content (AvgIpc) is 2.42. The maximum absolute atomic E-state index is 12.1. The molecule has 2 aliphatic rings. The van der Waals surface area contributed by atoms with Gasteiger partial charge < -0.3 is 9.80 Å². The van der Waals surface area contributed by atoms with Gasteiger partial charge in [0.15, 0.2) is 0 Å². The van der Waals surface area contributed by atoms with Crippen molar-refractivity contribution in [2.45, 2.75) is 59.3 Å². The molecule has 1 amide bonds. The number of likely N-dealkylation sites (tertiary alicyclic amines) is 2. The first kappa shape index (κ1) is 15.8. The largest absolute Gasteiger partial charge is 0.343 e. The van der Waals surface area contributed by atoms with Crippen molar-refractivity contribution in [1.29, 1.82) is 0 Å². The van der Waals surface area contributed by atoms with E-state index in [9.17, 15) is 4.79 Å². The first-order valence-corrected chi connectivity index (χ1v) is 8.55. The van der Waals surface area contributed by atoms with Crippen molar-refractivity contribution in [3.8, 4) is 0 Å². The number of piperidine rings is 2. The van der Waals surface area contributed by atoms with E-state index in [2.05, 4.69) is 30.6 Å². The Balaban J connectivity index is 1.78. The number of rotatable bonds is 4. The van der Waals surface area contributed by atoms with Gasteiger partial charge in [0.2, 0.25) is 5.91 Å². The first-order chi connectivity index (χ1) is 9.54. The van der Waals surface area contributed by atoms with Gasteiger partial charge in [-0.15, -0.1) is 0 Å². The highest BCUT2D eigenvalue weighted by molar-refractivity contribution is 5.76. The Labute approximate surface area is 124 Å². The number of hydrogen-bond acceptors (Lipinski definition) is 2. The van der Waals surface area contributed by atoms with E-state index in [0.717, 1.165) is 19.5 Å². The van der Waals surface area contributed by atoms with E-state index < -0.39 is 0 Å². The lowest BCUT2D eigenvalue weighted by molar-refractivity contribution is -0.134. The van der Waals surface area contributed by atoms with Gasteiger partial charge in [-0.2, -0.15) is 0 Å². The van der Waals surface area contributed by atoms with Crippen LogP contribution in [-0.4, -0.2) is 48.4 Å².